The van der Waals surface area contributed by atoms with Crippen molar-refractivity contribution in [2.75, 3.05) is 11.9 Å². The third-order valence-corrected chi connectivity index (χ3v) is 5.35. The highest BCUT2D eigenvalue weighted by molar-refractivity contribution is 7.16. The molecular formula is C17H20ClN3OS. The second kappa shape index (κ2) is 7.34. The van der Waals surface area contributed by atoms with Gasteiger partial charge in [-0.25, -0.2) is 0 Å². The summed E-state index contributed by atoms with van der Waals surface area (Å²) >= 11 is 7.23. The van der Waals surface area contributed by atoms with Gasteiger partial charge in [-0.3, -0.25) is 4.99 Å². The van der Waals surface area contributed by atoms with E-state index < -0.39 is 6.10 Å². The van der Waals surface area contributed by atoms with Crippen molar-refractivity contribution in [2.45, 2.75) is 31.8 Å². The number of rotatable bonds is 4. The molecule has 0 spiro atoms. The summed E-state index contributed by atoms with van der Waals surface area (Å²) < 4.78 is 0.657. The summed E-state index contributed by atoms with van der Waals surface area (Å²) in [6, 6.07) is 9.83. The van der Waals surface area contributed by atoms with Gasteiger partial charge >= 0.3 is 0 Å². The van der Waals surface area contributed by atoms with Crippen LogP contribution in [0, 0.1) is 0 Å². The van der Waals surface area contributed by atoms with Crippen LogP contribution < -0.4 is 11.1 Å². The van der Waals surface area contributed by atoms with Crippen LogP contribution in [-0.2, 0) is 12.8 Å². The maximum atomic E-state index is 10.1. The molecular weight excluding hydrogens is 330 g/mol. The first kappa shape index (κ1) is 16.3. The molecule has 1 unspecified atom stereocenters. The Balaban J connectivity index is 1.66. The largest absolute Gasteiger partial charge is 0.386 e. The van der Waals surface area contributed by atoms with E-state index >= 15 is 0 Å². The third kappa shape index (κ3) is 4.05. The summed E-state index contributed by atoms with van der Waals surface area (Å²) in [7, 11) is 0. The van der Waals surface area contributed by atoms with E-state index in [1.807, 2.05) is 18.2 Å². The molecule has 2 aromatic rings. The van der Waals surface area contributed by atoms with Crippen LogP contribution in [0.25, 0.3) is 0 Å². The first-order valence-corrected chi connectivity index (χ1v) is 8.94. The van der Waals surface area contributed by atoms with Crippen molar-refractivity contribution in [3.8, 4) is 0 Å². The fraction of sp³-hybridized carbons (Fsp3) is 0.353. The van der Waals surface area contributed by atoms with Crippen LogP contribution in [0.2, 0.25) is 4.34 Å². The summed E-state index contributed by atoms with van der Waals surface area (Å²) in [4.78, 5) is 5.05. The van der Waals surface area contributed by atoms with Gasteiger partial charge < -0.3 is 16.2 Å². The van der Waals surface area contributed by atoms with E-state index in [0.717, 1.165) is 23.4 Å². The van der Waals surface area contributed by atoms with E-state index in [1.165, 1.54) is 35.3 Å². The highest BCUT2D eigenvalue weighted by atomic mass is 35.5. The summed E-state index contributed by atoms with van der Waals surface area (Å²) in [6.07, 6.45) is 3.97. The predicted molar refractivity (Wildman–Crippen MR) is 97.5 cm³/mol. The predicted octanol–water partition coefficient (Wildman–Crippen LogP) is 3.74. The van der Waals surface area contributed by atoms with Gasteiger partial charge in [-0.05, 0) is 55.0 Å². The number of thiophene rings is 1. The van der Waals surface area contributed by atoms with Crippen LogP contribution in [-0.4, -0.2) is 17.6 Å². The standard InChI is InChI=1S/C17H20ClN3OS/c18-16-9-8-15(23-16)14(22)10-20-17(19)21-13-7-3-5-11-4-1-2-6-12(11)13/h3,5,7-9,14,22H,1-2,4,6,10H2,(H3,19,20,21). The Morgan fingerprint density at radius 1 is 1.30 bits per heavy atom. The lowest BCUT2D eigenvalue weighted by molar-refractivity contribution is 0.191. The lowest BCUT2D eigenvalue weighted by atomic mass is 9.90. The number of nitrogens with two attached hydrogens (primary N) is 1. The maximum Gasteiger partial charge on any atom is 0.193 e. The molecule has 4 N–H and O–H groups in total. The van der Waals surface area contributed by atoms with Crippen molar-refractivity contribution in [3.63, 3.8) is 0 Å². The highest BCUT2D eigenvalue weighted by Gasteiger charge is 2.14. The summed E-state index contributed by atoms with van der Waals surface area (Å²) in [5.41, 5.74) is 9.73. The van der Waals surface area contributed by atoms with Gasteiger partial charge in [0.15, 0.2) is 5.96 Å². The average Bonchev–Trinajstić information content (AvgIpc) is 2.99. The zero-order valence-electron chi connectivity index (χ0n) is 12.8. The first-order chi connectivity index (χ1) is 11.1. The summed E-state index contributed by atoms with van der Waals surface area (Å²) in [5, 5.41) is 13.3. The van der Waals surface area contributed by atoms with Gasteiger partial charge in [-0.1, -0.05) is 23.7 Å². The molecule has 0 bridgehead atoms. The lowest BCUT2D eigenvalue weighted by Gasteiger charge is -2.20. The van der Waals surface area contributed by atoms with Gasteiger partial charge in [0.25, 0.3) is 0 Å². The first-order valence-electron chi connectivity index (χ1n) is 7.74. The molecule has 4 nitrogen and oxygen atoms in total. The summed E-state index contributed by atoms with van der Waals surface area (Å²) in [6.45, 7) is 0.213. The number of aryl methyl sites for hydroxylation is 1. The zero-order valence-corrected chi connectivity index (χ0v) is 14.3. The Bertz CT molecular complexity index is 714. The number of aliphatic hydroxyl groups is 1. The normalized spacial score (nSPS) is 16.0. The Kier molecular flexibility index (Phi) is 5.20. The van der Waals surface area contributed by atoms with E-state index in [9.17, 15) is 5.11 Å². The Morgan fingerprint density at radius 3 is 2.91 bits per heavy atom. The van der Waals surface area contributed by atoms with Gasteiger partial charge in [0.1, 0.15) is 6.10 Å². The maximum absolute atomic E-state index is 10.1. The third-order valence-electron chi connectivity index (χ3n) is 4.02. The molecule has 23 heavy (non-hydrogen) atoms. The molecule has 0 aliphatic heterocycles. The SMILES string of the molecule is NC(=NCC(O)c1ccc(Cl)s1)Nc1cccc2c1CCCC2. The van der Waals surface area contributed by atoms with E-state index in [2.05, 4.69) is 16.4 Å². The monoisotopic (exact) mass is 349 g/mol. The molecule has 0 radical (unpaired) electrons. The number of halogens is 1. The number of aliphatic imine (C=N–C) groups is 1. The Labute approximate surface area is 145 Å². The molecule has 122 valence electrons. The minimum atomic E-state index is -0.683. The number of hydrogen-bond donors (Lipinski definition) is 3. The Hall–Kier alpha value is -1.56. The minimum absolute atomic E-state index is 0.213. The van der Waals surface area contributed by atoms with Crippen LogP contribution in [0.4, 0.5) is 5.69 Å². The number of aliphatic hydroxyl groups excluding tert-OH is 1. The second-order valence-electron chi connectivity index (χ2n) is 5.66. The molecule has 1 aromatic heterocycles. The van der Waals surface area contributed by atoms with E-state index in [4.69, 9.17) is 17.3 Å². The minimum Gasteiger partial charge on any atom is -0.386 e. The molecule has 1 heterocycles. The number of hydrogen-bond acceptors (Lipinski definition) is 3. The van der Waals surface area contributed by atoms with Gasteiger partial charge in [0.2, 0.25) is 0 Å². The van der Waals surface area contributed by atoms with Crippen molar-refractivity contribution < 1.29 is 5.11 Å². The summed E-state index contributed by atoms with van der Waals surface area (Å²) in [5.74, 6) is 0.325. The molecule has 1 aromatic carbocycles. The fourth-order valence-corrected chi connectivity index (χ4v) is 3.90. The van der Waals surface area contributed by atoms with E-state index in [1.54, 1.807) is 6.07 Å². The highest BCUT2D eigenvalue weighted by Crippen LogP contribution is 2.28. The van der Waals surface area contributed by atoms with Gasteiger partial charge in [0, 0.05) is 10.6 Å². The van der Waals surface area contributed by atoms with E-state index in [0.29, 0.717) is 10.3 Å². The fourth-order valence-electron chi connectivity index (χ4n) is 2.86. The number of fused-ring (bicyclic) bond motifs is 1. The molecule has 1 aliphatic rings. The lowest BCUT2D eigenvalue weighted by Crippen LogP contribution is -2.25. The van der Waals surface area contributed by atoms with Crippen LogP contribution >= 0.6 is 22.9 Å². The Morgan fingerprint density at radius 2 is 2.13 bits per heavy atom. The molecule has 6 heteroatoms. The molecule has 0 amide bonds. The van der Waals surface area contributed by atoms with E-state index in [-0.39, 0.29) is 6.54 Å². The van der Waals surface area contributed by atoms with Crippen molar-refractivity contribution >= 4 is 34.6 Å². The molecule has 0 saturated carbocycles. The number of anilines is 1. The number of guanidine groups is 1. The van der Waals surface area contributed by atoms with Crippen molar-refractivity contribution in [2.24, 2.45) is 10.7 Å². The van der Waals surface area contributed by atoms with Crippen molar-refractivity contribution in [1.29, 1.82) is 0 Å². The number of benzene rings is 1. The van der Waals surface area contributed by atoms with Gasteiger partial charge in [-0.15, -0.1) is 11.3 Å². The zero-order chi connectivity index (χ0) is 16.2. The van der Waals surface area contributed by atoms with Crippen LogP contribution in [0.5, 0.6) is 0 Å². The van der Waals surface area contributed by atoms with Crippen molar-refractivity contribution in [3.05, 3.63) is 50.7 Å². The molecule has 1 atom stereocenters. The van der Waals surface area contributed by atoms with Crippen LogP contribution in [0.3, 0.4) is 0 Å². The smallest absolute Gasteiger partial charge is 0.193 e. The number of nitrogens with zero attached hydrogens (tertiary/aromatic N) is 1. The van der Waals surface area contributed by atoms with Gasteiger partial charge in [0.05, 0.1) is 10.9 Å². The molecule has 1 aliphatic carbocycles. The molecule has 3 rings (SSSR count). The second-order valence-corrected chi connectivity index (χ2v) is 7.41. The topological polar surface area (TPSA) is 70.6 Å². The van der Waals surface area contributed by atoms with Crippen molar-refractivity contribution in [1.82, 2.24) is 0 Å². The van der Waals surface area contributed by atoms with Crippen LogP contribution in [0.1, 0.15) is 34.9 Å². The molecule has 0 saturated heterocycles. The molecule has 0 fully saturated rings. The van der Waals surface area contributed by atoms with Crippen LogP contribution in [0.15, 0.2) is 35.3 Å². The quantitative estimate of drug-likeness (QED) is 0.581. The average molecular weight is 350 g/mol. The number of nitrogens with one attached hydrogen (secondary N) is 1. The van der Waals surface area contributed by atoms with Gasteiger partial charge in [-0.2, -0.15) is 0 Å².